The third-order valence-electron chi connectivity index (χ3n) is 9.62. The topological polar surface area (TPSA) is 57.5 Å². The van der Waals surface area contributed by atoms with E-state index in [0.717, 1.165) is 25.7 Å². The van der Waals surface area contributed by atoms with Crippen LogP contribution in [-0.4, -0.2) is 43.2 Å². The molecule has 3 atom stereocenters. The van der Waals surface area contributed by atoms with Crippen LogP contribution in [0.25, 0.3) is 0 Å². The number of unbranched alkanes of at least 4 members (excludes halogenated alkanes) is 30. The number of hydrogen-bond donors (Lipinski definition) is 2. The second-order valence-corrected chi connectivity index (χ2v) is 17.4. The quantitative estimate of drug-likeness (QED) is 0.0503. The first-order valence-electron chi connectivity index (χ1n) is 20.2. The fraction of sp³-hybridized carbons (Fsp3) is 0.975. The average Bonchev–Trinajstić information content (AvgIpc) is 3.03. The molecule has 0 spiro atoms. The molecule has 0 radical (unpaired) electrons. The van der Waals surface area contributed by atoms with Crippen molar-refractivity contribution in [1.82, 2.24) is 0 Å². The molecule has 0 fully saturated rings. The maximum absolute atomic E-state index is 12.5. The molecule has 264 valence electrons. The van der Waals surface area contributed by atoms with Crippen LogP contribution in [0.1, 0.15) is 232 Å². The van der Waals surface area contributed by atoms with Gasteiger partial charge in [-0.25, -0.2) is 0 Å². The Bertz CT molecular complexity index is 555. The van der Waals surface area contributed by atoms with E-state index in [1.807, 2.05) is 0 Å². The Morgan fingerprint density at radius 3 is 1.02 bits per heavy atom. The van der Waals surface area contributed by atoms with E-state index in [2.05, 4.69) is 13.8 Å². The van der Waals surface area contributed by atoms with Crippen molar-refractivity contribution in [2.45, 2.75) is 243 Å². The molecule has 0 amide bonds. The zero-order chi connectivity index (χ0) is 32.2. The average molecular weight is 685 g/mol. The molecule has 4 heteroatoms. The van der Waals surface area contributed by atoms with Gasteiger partial charge in [-0.05, 0) is 0 Å². The Morgan fingerprint density at radius 1 is 0.455 bits per heavy atom. The summed E-state index contributed by atoms with van der Waals surface area (Å²) in [5, 5.41) is 20.4. The monoisotopic (exact) mass is 685 g/mol. The summed E-state index contributed by atoms with van der Waals surface area (Å²) in [5.41, 5.74) is 0. The smallest absolute Gasteiger partial charge is 0.0654 e. The van der Waals surface area contributed by atoms with Crippen molar-refractivity contribution in [3.8, 4) is 0 Å². The van der Waals surface area contributed by atoms with Crippen LogP contribution in [-0.2, 0) is 4.79 Å². The Kier molecular flexibility index (Phi) is 37.7. The molecule has 0 rings (SSSR count). The van der Waals surface area contributed by atoms with Crippen molar-refractivity contribution in [1.29, 1.82) is 0 Å². The van der Waals surface area contributed by atoms with Crippen molar-refractivity contribution in [2.24, 2.45) is 0 Å². The summed E-state index contributed by atoms with van der Waals surface area (Å²) in [6.07, 6.45) is 44.1. The summed E-state index contributed by atoms with van der Waals surface area (Å²) in [5.74, 6) is 0. The summed E-state index contributed by atoms with van der Waals surface area (Å²) < 4.78 is 0.195. The van der Waals surface area contributed by atoms with Crippen LogP contribution >= 0.6 is 0 Å². The van der Waals surface area contributed by atoms with E-state index in [1.54, 1.807) is 0 Å². The molecule has 0 heterocycles. The Morgan fingerprint density at radius 2 is 0.727 bits per heavy atom. The van der Waals surface area contributed by atoms with E-state index < -0.39 is 21.9 Å². The van der Waals surface area contributed by atoms with Crippen LogP contribution in [0.5, 0.6) is 0 Å². The molecule has 3 unspecified atom stereocenters. The predicted molar refractivity (Wildman–Crippen MR) is 197 cm³/mol. The fourth-order valence-corrected chi connectivity index (χ4v) is 8.97. The predicted octanol–water partition coefficient (Wildman–Crippen LogP) is 12.4. The summed E-state index contributed by atoms with van der Waals surface area (Å²) >= 11 is -0.928. The second kappa shape index (κ2) is 37.6. The molecule has 0 aliphatic carbocycles. The number of carbonyl (C=O) groups excluding carboxylic acids is 1. The van der Waals surface area contributed by atoms with Gasteiger partial charge in [0.1, 0.15) is 0 Å². The van der Waals surface area contributed by atoms with Gasteiger partial charge in [-0.1, -0.05) is 97.3 Å². The minimum Gasteiger partial charge on any atom is -0.0654 e. The van der Waals surface area contributed by atoms with Crippen molar-refractivity contribution >= 4 is 20.3 Å². The van der Waals surface area contributed by atoms with E-state index in [9.17, 15) is 15.0 Å². The van der Waals surface area contributed by atoms with Gasteiger partial charge < -0.3 is 0 Å². The summed E-state index contributed by atoms with van der Waals surface area (Å²) in [6.45, 7) is 4.54. The first kappa shape index (κ1) is 44.1. The van der Waals surface area contributed by atoms with Gasteiger partial charge in [-0.2, -0.15) is 0 Å². The van der Waals surface area contributed by atoms with E-state index in [1.165, 1.54) is 186 Å². The summed E-state index contributed by atoms with van der Waals surface area (Å²) in [4.78, 5) is 12.5. The molecular weight excluding hydrogens is 603 g/mol. The number of hydrogen-bond acceptors (Lipinski definition) is 3. The van der Waals surface area contributed by atoms with Gasteiger partial charge >= 0.3 is 188 Å². The Hall–Kier alpha value is 0.148. The van der Waals surface area contributed by atoms with Gasteiger partial charge in [-0.15, -0.1) is 0 Å². The van der Waals surface area contributed by atoms with E-state index >= 15 is 0 Å². The molecule has 0 aromatic carbocycles. The van der Waals surface area contributed by atoms with Crippen molar-refractivity contribution < 1.29 is 15.0 Å². The third kappa shape index (κ3) is 33.5. The minimum atomic E-state index is -0.928. The van der Waals surface area contributed by atoms with Crippen LogP contribution in [0, 0.1) is 0 Å². The zero-order valence-electron chi connectivity index (χ0n) is 30.2. The van der Waals surface area contributed by atoms with Crippen LogP contribution in [0.3, 0.4) is 0 Å². The van der Waals surface area contributed by atoms with Gasteiger partial charge in [0.2, 0.25) is 0 Å². The van der Waals surface area contributed by atoms with Crippen LogP contribution in [0.2, 0.25) is 4.71 Å². The van der Waals surface area contributed by atoms with Gasteiger partial charge in [-0.3, -0.25) is 0 Å². The minimum absolute atomic E-state index is 0.0233. The van der Waals surface area contributed by atoms with Crippen molar-refractivity contribution in [2.75, 3.05) is 6.61 Å². The molecule has 0 saturated carbocycles. The normalized spacial score (nSPS) is 13.3. The molecule has 0 aliphatic rings. The standard InChI is InChI=1S/C40H81AsO3/c1-3-5-7-9-11-13-15-17-18-19-20-21-22-24-26-28-30-32-34-36-40(44)41-38(37-42)39(43)35-33-31-29-27-25-23-16-14-12-10-8-6-4-2/h38-39,41-43H,3-37H2,1-2H3. The molecular formula is C40H81AsO3. The molecule has 2 N–H and O–H groups in total. The molecule has 0 bridgehead atoms. The zero-order valence-corrected chi connectivity index (χ0v) is 32.3. The van der Waals surface area contributed by atoms with Gasteiger partial charge in [0.05, 0.1) is 0 Å². The van der Waals surface area contributed by atoms with Gasteiger partial charge in [0.25, 0.3) is 0 Å². The van der Waals surface area contributed by atoms with Crippen LogP contribution in [0.4, 0.5) is 0 Å². The molecule has 3 nitrogen and oxygen atoms in total. The maximum atomic E-state index is 12.5. The molecule has 44 heavy (non-hydrogen) atoms. The number of rotatable bonds is 38. The number of carbonyl (C=O) groups is 1. The van der Waals surface area contributed by atoms with Crippen LogP contribution < -0.4 is 0 Å². The van der Waals surface area contributed by atoms with E-state index in [4.69, 9.17) is 0 Å². The van der Waals surface area contributed by atoms with Gasteiger partial charge in [0, 0.05) is 0 Å². The number of aliphatic hydroxyl groups excluding tert-OH is 2. The summed E-state index contributed by atoms with van der Waals surface area (Å²) in [7, 11) is 0. The number of aliphatic hydroxyl groups is 2. The Balaban J connectivity index is 3.48. The second-order valence-electron chi connectivity index (χ2n) is 14.1. The summed E-state index contributed by atoms with van der Waals surface area (Å²) in [6, 6.07) is 0. The van der Waals surface area contributed by atoms with Crippen molar-refractivity contribution in [3.63, 3.8) is 0 Å². The third-order valence-corrected chi connectivity index (χ3v) is 12.8. The molecule has 0 aliphatic heterocycles. The first-order chi connectivity index (χ1) is 21.7. The SMILES string of the molecule is CCCCCCCCCCCCCCCCCCCCCC(=O)[AsH]C(CO)C(O)CCCCCCCCCCCCCCC. The van der Waals surface area contributed by atoms with E-state index in [0.29, 0.717) is 11.0 Å². The van der Waals surface area contributed by atoms with Crippen molar-refractivity contribution in [3.05, 3.63) is 0 Å². The van der Waals surface area contributed by atoms with Gasteiger partial charge in [0.15, 0.2) is 0 Å². The van der Waals surface area contributed by atoms with E-state index in [-0.39, 0.29) is 11.3 Å². The molecule has 0 saturated heterocycles. The molecule has 0 aromatic heterocycles. The Labute approximate surface area is 284 Å². The van der Waals surface area contributed by atoms with Crippen LogP contribution in [0.15, 0.2) is 0 Å². The molecule has 0 aromatic rings. The first-order valence-corrected chi connectivity index (χ1v) is 22.5. The fourth-order valence-electron chi connectivity index (χ4n) is 6.48.